The Balaban J connectivity index is 0.000000260. The maximum absolute atomic E-state index is 12.6. The third kappa shape index (κ3) is 6.94. The minimum atomic E-state index is -3.52. The number of aromatic nitrogens is 2. The summed E-state index contributed by atoms with van der Waals surface area (Å²) in [5.41, 5.74) is 2.09. The second-order valence-corrected chi connectivity index (χ2v) is 6.42. The van der Waals surface area contributed by atoms with Gasteiger partial charge in [-0.2, -0.15) is 0 Å². The summed E-state index contributed by atoms with van der Waals surface area (Å²) in [5, 5.41) is 0. The van der Waals surface area contributed by atoms with E-state index in [4.69, 9.17) is 4.74 Å². The third-order valence-electron chi connectivity index (χ3n) is 3.68. The van der Waals surface area contributed by atoms with Crippen LogP contribution < -0.4 is 14.2 Å². The molecule has 0 spiro atoms. The number of ether oxygens (including phenoxy) is 3. The zero-order valence-corrected chi connectivity index (χ0v) is 17.6. The number of rotatable bonds is 4. The summed E-state index contributed by atoms with van der Waals surface area (Å²) >= 11 is 0. The molecule has 0 saturated carbocycles. The highest BCUT2D eigenvalue weighted by molar-refractivity contribution is 5.45. The molecule has 1 aromatic carbocycles. The average molecular weight is 396 g/mol. The zero-order chi connectivity index (χ0) is 21.3. The van der Waals surface area contributed by atoms with E-state index in [0.29, 0.717) is 18.5 Å². The first kappa shape index (κ1) is 23.6. The van der Waals surface area contributed by atoms with Crippen molar-refractivity contribution in [3.05, 3.63) is 41.7 Å². The van der Waals surface area contributed by atoms with Crippen molar-refractivity contribution in [1.29, 1.82) is 0 Å². The quantitative estimate of drug-likeness (QED) is 0.620. The highest BCUT2D eigenvalue weighted by Gasteiger charge is 2.43. The molecule has 0 bridgehead atoms. The maximum Gasteiger partial charge on any atom is 0.586 e. The molecule has 5 nitrogen and oxygen atoms in total. The lowest BCUT2D eigenvalue weighted by molar-refractivity contribution is -0.286. The van der Waals surface area contributed by atoms with Crippen molar-refractivity contribution in [2.75, 3.05) is 6.61 Å². The number of hydrogen-bond acceptors (Lipinski definition) is 5. The molecule has 0 aliphatic carbocycles. The van der Waals surface area contributed by atoms with Gasteiger partial charge in [-0.3, -0.25) is 0 Å². The van der Waals surface area contributed by atoms with E-state index in [9.17, 15) is 8.78 Å². The van der Waals surface area contributed by atoms with E-state index in [2.05, 4.69) is 33.3 Å². The first-order valence-electron chi connectivity index (χ1n) is 9.56. The Kier molecular flexibility index (Phi) is 9.09. The molecular weight excluding hydrogens is 366 g/mol. The molecular formula is C21H30F2N2O3. The second kappa shape index (κ2) is 10.8. The molecule has 0 unspecified atom stereocenters. The van der Waals surface area contributed by atoms with Gasteiger partial charge in [-0.25, -0.2) is 9.97 Å². The van der Waals surface area contributed by atoms with Crippen LogP contribution in [-0.4, -0.2) is 22.9 Å². The number of alkyl halides is 2. The molecule has 1 aliphatic heterocycles. The zero-order valence-electron chi connectivity index (χ0n) is 17.6. The Morgan fingerprint density at radius 1 is 0.929 bits per heavy atom. The van der Waals surface area contributed by atoms with Gasteiger partial charge in [0.15, 0.2) is 11.5 Å². The smallest absolute Gasteiger partial charge is 0.464 e. The number of nitrogens with zero attached hydrogens (tertiary/aromatic N) is 2. The van der Waals surface area contributed by atoms with E-state index < -0.39 is 6.29 Å². The van der Waals surface area contributed by atoms with Crippen LogP contribution in [0.2, 0.25) is 0 Å². The molecule has 0 N–H and O–H groups in total. The second-order valence-electron chi connectivity index (χ2n) is 6.42. The fraction of sp³-hybridized carbons (Fsp3) is 0.524. The SMILES string of the molecule is CC.CC(C)c1ccc2c(c1)OC(F)(F)O2.CCOc1ncc(C(C)C)cn1. The Morgan fingerprint density at radius 3 is 1.96 bits per heavy atom. The van der Waals surface area contributed by atoms with E-state index in [1.54, 1.807) is 12.1 Å². The molecule has 0 saturated heterocycles. The van der Waals surface area contributed by atoms with Crippen molar-refractivity contribution < 1.29 is 23.0 Å². The normalized spacial score (nSPS) is 13.4. The molecule has 2 heterocycles. The Bertz CT molecular complexity index is 720. The molecule has 7 heteroatoms. The number of halogens is 2. The summed E-state index contributed by atoms with van der Waals surface area (Å²) in [5.74, 6) is 0.958. The molecule has 28 heavy (non-hydrogen) atoms. The summed E-state index contributed by atoms with van der Waals surface area (Å²) in [6.07, 6.45) is 0.100. The first-order valence-corrected chi connectivity index (χ1v) is 9.56. The van der Waals surface area contributed by atoms with Gasteiger partial charge in [0.05, 0.1) is 6.61 Å². The van der Waals surface area contributed by atoms with Gasteiger partial charge in [-0.15, -0.1) is 8.78 Å². The van der Waals surface area contributed by atoms with Gasteiger partial charge in [0.1, 0.15) is 0 Å². The van der Waals surface area contributed by atoms with E-state index in [-0.39, 0.29) is 17.4 Å². The fourth-order valence-electron chi connectivity index (χ4n) is 2.15. The lowest BCUT2D eigenvalue weighted by Crippen LogP contribution is -2.25. The average Bonchev–Trinajstić information content (AvgIpc) is 2.97. The number of fused-ring (bicyclic) bond motifs is 1. The minimum absolute atomic E-state index is 0.0967. The summed E-state index contributed by atoms with van der Waals surface area (Å²) in [4.78, 5) is 8.11. The molecule has 0 atom stereocenters. The van der Waals surface area contributed by atoms with Crippen LogP contribution in [0.5, 0.6) is 17.5 Å². The predicted octanol–water partition coefficient (Wildman–Crippen LogP) is 6.16. The Labute approximate surface area is 166 Å². The summed E-state index contributed by atoms with van der Waals surface area (Å²) < 4.78 is 39.0. The summed E-state index contributed by atoms with van der Waals surface area (Å²) in [6, 6.07) is 5.31. The minimum Gasteiger partial charge on any atom is -0.464 e. The van der Waals surface area contributed by atoms with Crippen LogP contribution in [0.4, 0.5) is 8.78 Å². The standard InChI is InChI=1S/C10H10F2O2.C9H14N2O.C2H6/c1-6(2)7-3-4-8-9(5-7)14-10(11,12)13-8;1-4-12-9-10-5-8(6-11-9)7(2)3;1-2/h3-6H,1-2H3;5-7H,4H2,1-3H3;1-2H3. The topological polar surface area (TPSA) is 53.5 Å². The van der Waals surface area contributed by atoms with Gasteiger partial charge in [0, 0.05) is 12.4 Å². The molecule has 1 aromatic heterocycles. The molecule has 0 fully saturated rings. The van der Waals surface area contributed by atoms with Crippen LogP contribution in [0, 0.1) is 0 Å². The Morgan fingerprint density at radius 2 is 1.46 bits per heavy atom. The molecule has 2 aromatic rings. The van der Waals surface area contributed by atoms with Crippen molar-refractivity contribution in [3.8, 4) is 17.5 Å². The summed E-state index contributed by atoms with van der Waals surface area (Å²) in [6.45, 7) is 14.7. The first-order chi connectivity index (χ1) is 13.2. The third-order valence-corrected chi connectivity index (χ3v) is 3.68. The van der Waals surface area contributed by atoms with Gasteiger partial charge < -0.3 is 14.2 Å². The summed E-state index contributed by atoms with van der Waals surface area (Å²) in [7, 11) is 0. The molecule has 0 radical (unpaired) electrons. The van der Waals surface area contributed by atoms with Gasteiger partial charge in [0.25, 0.3) is 0 Å². The number of hydrogen-bond donors (Lipinski definition) is 0. The van der Waals surface area contributed by atoms with Crippen LogP contribution in [-0.2, 0) is 0 Å². The van der Waals surface area contributed by atoms with Crippen molar-refractivity contribution in [3.63, 3.8) is 0 Å². The maximum atomic E-state index is 12.6. The van der Waals surface area contributed by atoms with E-state index in [1.165, 1.54) is 6.07 Å². The van der Waals surface area contributed by atoms with Crippen LogP contribution >= 0.6 is 0 Å². The van der Waals surface area contributed by atoms with Crippen molar-refractivity contribution in [1.82, 2.24) is 9.97 Å². The number of benzene rings is 1. The van der Waals surface area contributed by atoms with Gasteiger partial charge in [0.2, 0.25) is 0 Å². The van der Waals surface area contributed by atoms with E-state index in [0.717, 1.165) is 11.1 Å². The Hall–Kier alpha value is -2.44. The predicted molar refractivity (Wildman–Crippen MR) is 105 cm³/mol. The van der Waals surface area contributed by atoms with Crippen molar-refractivity contribution >= 4 is 0 Å². The molecule has 0 amide bonds. The van der Waals surface area contributed by atoms with Crippen LogP contribution in [0.1, 0.15) is 71.4 Å². The molecule has 1 aliphatic rings. The van der Waals surface area contributed by atoms with Gasteiger partial charge >= 0.3 is 12.3 Å². The monoisotopic (exact) mass is 396 g/mol. The van der Waals surface area contributed by atoms with Crippen LogP contribution in [0.25, 0.3) is 0 Å². The molecule has 156 valence electrons. The highest BCUT2D eigenvalue weighted by Crippen LogP contribution is 2.42. The largest absolute Gasteiger partial charge is 0.586 e. The van der Waals surface area contributed by atoms with E-state index >= 15 is 0 Å². The van der Waals surface area contributed by atoms with Gasteiger partial charge in [-0.05, 0) is 42.0 Å². The lowest BCUT2D eigenvalue weighted by atomic mass is 10.0. The van der Waals surface area contributed by atoms with Gasteiger partial charge in [-0.1, -0.05) is 47.6 Å². The van der Waals surface area contributed by atoms with Crippen LogP contribution in [0.15, 0.2) is 30.6 Å². The molecule has 3 rings (SSSR count). The van der Waals surface area contributed by atoms with Crippen LogP contribution in [0.3, 0.4) is 0 Å². The lowest BCUT2D eigenvalue weighted by Gasteiger charge is -2.05. The van der Waals surface area contributed by atoms with E-state index in [1.807, 2.05) is 47.0 Å². The fourth-order valence-corrected chi connectivity index (χ4v) is 2.15. The highest BCUT2D eigenvalue weighted by atomic mass is 19.3. The van der Waals surface area contributed by atoms with Crippen molar-refractivity contribution in [2.24, 2.45) is 0 Å². The van der Waals surface area contributed by atoms with Crippen molar-refractivity contribution in [2.45, 2.75) is 66.6 Å².